The Morgan fingerprint density at radius 3 is 2.58 bits per heavy atom. The number of amides is 1. The molecule has 1 amide bonds. The highest BCUT2D eigenvalue weighted by atomic mass is 16.5. The van der Waals surface area contributed by atoms with E-state index in [1.807, 2.05) is 12.1 Å². The summed E-state index contributed by atoms with van der Waals surface area (Å²) in [7, 11) is 0. The molecular formula is C17H16N4O3. The van der Waals surface area contributed by atoms with Gasteiger partial charge in [0.25, 0.3) is 5.91 Å². The third-order valence-corrected chi connectivity index (χ3v) is 3.53. The first-order valence-electron chi connectivity index (χ1n) is 7.35. The van der Waals surface area contributed by atoms with E-state index in [9.17, 15) is 9.90 Å². The first kappa shape index (κ1) is 15.7. The number of phenolic OH excluding ortho intramolecular Hbond substituents is 1. The van der Waals surface area contributed by atoms with Crippen LogP contribution in [0, 0.1) is 0 Å². The molecule has 3 N–H and O–H groups in total. The molecule has 0 aliphatic heterocycles. The molecule has 7 nitrogen and oxygen atoms in total. The van der Waals surface area contributed by atoms with E-state index in [1.165, 1.54) is 18.2 Å². The summed E-state index contributed by atoms with van der Waals surface area (Å²) in [6.07, 6.45) is 4.01. The first-order chi connectivity index (χ1) is 11.6. The normalized spacial score (nSPS) is 10.5. The summed E-state index contributed by atoms with van der Waals surface area (Å²) in [6.45, 7) is 0.351. The standard InChI is InChI=1S/C17H16N4O3/c18-21(10-7-12-5-8-19-9-6-12)17(23)15-11-16(24-20-15)13-1-3-14(22)4-2-13/h1-6,8-9,11,22H,7,10,18H2. The van der Waals surface area contributed by atoms with Gasteiger partial charge < -0.3 is 9.63 Å². The van der Waals surface area contributed by atoms with E-state index in [0.717, 1.165) is 10.6 Å². The van der Waals surface area contributed by atoms with Gasteiger partial charge in [0.15, 0.2) is 11.5 Å². The van der Waals surface area contributed by atoms with Crippen LogP contribution < -0.4 is 5.84 Å². The number of hydrogen-bond donors (Lipinski definition) is 2. The fourth-order valence-corrected chi connectivity index (χ4v) is 2.19. The molecule has 0 saturated carbocycles. The number of nitrogens with zero attached hydrogens (tertiary/aromatic N) is 3. The molecule has 0 aliphatic carbocycles. The van der Waals surface area contributed by atoms with Crippen molar-refractivity contribution in [2.24, 2.45) is 5.84 Å². The maximum Gasteiger partial charge on any atom is 0.289 e. The second kappa shape index (κ2) is 6.93. The fraction of sp³-hybridized carbons (Fsp3) is 0.118. The van der Waals surface area contributed by atoms with Gasteiger partial charge in [0, 0.05) is 30.6 Å². The van der Waals surface area contributed by atoms with E-state index in [2.05, 4.69) is 10.1 Å². The van der Waals surface area contributed by atoms with Crippen molar-refractivity contribution in [1.29, 1.82) is 0 Å². The van der Waals surface area contributed by atoms with Gasteiger partial charge in [-0.3, -0.25) is 14.8 Å². The summed E-state index contributed by atoms with van der Waals surface area (Å²) in [6, 6.07) is 11.7. The highest BCUT2D eigenvalue weighted by Gasteiger charge is 2.18. The Bertz CT molecular complexity index is 815. The predicted octanol–water partition coefficient (Wildman–Crippen LogP) is 2.00. The second-order valence-electron chi connectivity index (χ2n) is 5.23. The molecule has 0 radical (unpaired) electrons. The molecule has 24 heavy (non-hydrogen) atoms. The third-order valence-electron chi connectivity index (χ3n) is 3.53. The zero-order chi connectivity index (χ0) is 16.9. The van der Waals surface area contributed by atoms with Gasteiger partial charge in [-0.25, -0.2) is 5.84 Å². The van der Waals surface area contributed by atoms with Crippen molar-refractivity contribution in [3.63, 3.8) is 0 Å². The minimum Gasteiger partial charge on any atom is -0.508 e. The zero-order valence-corrected chi connectivity index (χ0v) is 12.8. The summed E-state index contributed by atoms with van der Waals surface area (Å²) in [5.41, 5.74) is 1.88. The lowest BCUT2D eigenvalue weighted by atomic mass is 10.1. The van der Waals surface area contributed by atoms with Gasteiger partial charge in [-0.15, -0.1) is 0 Å². The molecule has 0 unspecified atom stereocenters. The predicted molar refractivity (Wildman–Crippen MR) is 86.8 cm³/mol. The number of carbonyl (C=O) groups is 1. The highest BCUT2D eigenvalue weighted by Crippen LogP contribution is 2.22. The van der Waals surface area contributed by atoms with Crippen molar-refractivity contribution in [3.8, 4) is 17.1 Å². The van der Waals surface area contributed by atoms with Crippen LogP contribution in [0.2, 0.25) is 0 Å². The van der Waals surface area contributed by atoms with Crippen LogP contribution in [0.4, 0.5) is 0 Å². The number of aromatic nitrogens is 2. The number of carbonyl (C=O) groups excluding carboxylic acids is 1. The molecule has 122 valence electrons. The van der Waals surface area contributed by atoms with Crippen molar-refractivity contribution in [2.45, 2.75) is 6.42 Å². The Hall–Kier alpha value is -3.19. The Labute approximate surface area is 138 Å². The van der Waals surface area contributed by atoms with Crippen molar-refractivity contribution in [2.75, 3.05) is 6.54 Å². The van der Waals surface area contributed by atoms with E-state index in [4.69, 9.17) is 10.4 Å². The first-order valence-corrected chi connectivity index (χ1v) is 7.35. The number of rotatable bonds is 5. The number of pyridine rings is 1. The molecule has 2 aromatic heterocycles. The van der Waals surface area contributed by atoms with Crippen LogP contribution in [-0.4, -0.2) is 32.7 Å². The summed E-state index contributed by atoms with van der Waals surface area (Å²) >= 11 is 0. The molecule has 3 rings (SSSR count). The van der Waals surface area contributed by atoms with E-state index >= 15 is 0 Å². The number of hydrogen-bond acceptors (Lipinski definition) is 6. The largest absolute Gasteiger partial charge is 0.508 e. The van der Waals surface area contributed by atoms with Crippen LogP contribution in [0.5, 0.6) is 5.75 Å². The lowest BCUT2D eigenvalue weighted by Crippen LogP contribution is -2.39. The fourth-order valence-electron chi connectivity index (χ4n) is 2.19. The molecule has 0 spiro atoms. The molecule has 0 bridgehead atoms. The Kier molecular flexibility index (Phi) is 4.53. The molecule has 7 heteroatoms. The molecule has 0 atom stereocenters. The molecule has 0 fully saturated rings. The smallest absolute Gasteiger partial charge is 0.289 e. The van der Waals surface area contributed by atoms with Crippen LogP contribution in [0.25, 0.3) is 11.3 Å². The Morgan fingerprint density at radius 2 is 1.88 bits per heavy atom. The van der Waals surface area contributed by atoms with E-state index in [-0.39, 0.29) is 11.4 Å². The van der Waals surface area contributed by atoms with Gasteiger partial charge in [-0.1, -0.05) is 5.16 Å². The summed E-state index contributed by atoms with van der Waals surface area (Å²) in [4.78, 5) is 16.2. The van der Waals surface area contributed by atoms with E-state index in [1.54, 1.807) is 24.5 Å². The molecule has 1 aromatic carbocycles. The molecule has 0 saturated heterocycles. The second-order valence-corrected chi connectivity index (χ2v) is 5.23. The maximum atomic E-state index is 12.3. The molecule has 3 aromatic rings. The van der Waals surface area contributed by atoms with E-state index in [0.29, 0.717) is 24.3 Å². The van der Waals surface area contributed by atoms with Crippen LogP contribution in [0.3, 0.4) is 0 Å². The number of aromatic hydroxyl groups is 1. The summed E-state index contributed by atoms with van der Waals surface area (Å²) in [5, 5.41) is 14.2. The Morgan fingerprint density at radius 1 is 1.17 bits per heavy atom. The zero-order valence-electron chi connectivity index (χ0n) is 12.8. The van der Waals surface area contributed by atoms with Crippen molar-refractivity contribution < 1.29 is 14.4 Å². The van der Waals surface area contributed by atoms with Crippen LogP contribution in [0.15, 0.2) is 59.4 Å². The molecule has 2 heterocycles. The third kappa shape index (κ3) is 3.58. The van der Waals surface area contributed by atoms with Crippen LogP contribution in [-0.2, 0) is 6.42 Å². The van der Waals surface area contributed by atoms with Gasteiger partial charge in [0.1, 0.15) is 5.75 Å². The maximum absolute atomic E-state index is 12.3. The van der Waals surface area contributed by atoms with Gasteiger partial charge in [0.05, 0.1) is 0 Å². The SMILES string of the molecule is NN(CCc1ccncc1)C(=O)c1cc(-c2ccc(O)cc2)on1. The van der Waals surface area contributed by atoms with Crippen LogP contribution >= 0.6 is 0 Å². The van der Waals surface area contributed by atoms with Crippen molar-refractivity contribution >= 4 is 5.91 Å². The van der Waals surface area contributed by atoms with Crippen LogP contribution in [0.1, 0.15) is 16.1 Å². The van der Waals surface area contributed by atoms with Gasteiger partial charge in [-0.05, 0) is 48.4 Å². The summed E-state index contributed by atoms with van der Waals surface area (Å²) < 4.78 is 5.18. The minimum absolute atomic E-state index is 0.135. The number of benzene rings is 1. The lowest BCUT2D eigenvalue weighted by molar-refractivity contribution is 0.0747. The number of nitrogens with two attached hydrogens (primary N) is 1. The minimum atomic E-state index is -0.419. The highest BCUT2D eigenvalue weighted by molar-refractivity contribution is 5.92. The Balaban J connectivity index is 1.65. The monoisotopic (exact) mass is 324 g/mol. The van der Waals surface area contributed by atoms with Crippen molar-refractivity contribution in [1.82, 2.24) is 15.1 Å². The van der Waals surface area contributed by atoms with E-state index < -0.39 is 5.91 Å². The molecule has 0 aliphatic rings. The lowest BCUT2D eigenvalue weighted by Gasteiger charge is -2.14. The van der Waals surface area contributed by atoms with Crippen molar-refractivity contribution in [3.05, 3.63) is 66.1 Å². The average molecular weight is 324 g/mol. The quantitative estimate of drug-likeness (QED) is 0.422. The van der Waals surface area contributed by atoms with Gasteiger partial charge in [0.2, 0.25) is 0 Å². The summed E-state index contributed by atoms with van der Waals surface area (Å²) in [5.74, 6) is 5.98. The molecular weight excluding hydrogens is 308 g/mol. The van der Waals surface area contributed by atoms with Gasteiger partial charge >= 0.3 is 0 Å². The number of phenols is 1. The average Bonchev–Trinajstić information content (AvgIpc) is 3.10. The number of hydrazine groups is 1. The topological polar surface area (TPSA) is 105 Å². The van der Waals surface area contributed by atoms with Gasteiger partial charge in [-0.2, -0.15) is 0 Å².